The molecule has 5 rings (SSSR count). The number of likely N-dealkylation sites (tertiary alicyclic amines) is 1. The number of Topliss-reactive ketones (excluding diaryl/α,β-unsaturated/α-hetero) is 1. The number of carbonyl (C=O) groups is 2. The van der Waals surface area contributed by atoms with Gasteiger partial charge in [-0.1, -0.05) is 36.4 Å². The highest BCUT2D eigenvalue weighted by molar-refractivity contribution is 6.46. The number of aliphatic hydroxyl groups excluding tert-OH is 1. The van der Waals surface area contributed by atoms with Gasteiger partial charge in [-0.05, 0) is 67.8 Å². The van der Waals surface area contributed by atoms with Gasteiger partial charge < -0.3 is 28.8 Å². The van der Waals surface area contributed by atoms with Crippen LogP contribution in [0.1, 0.15) is 43.0 Å². The molecule has 0 saturated carbocycles. The molecule has 0 spiro atoms. The summed E-state index contributed by atoms with van der Waals surface area (Å²) < 4.78 is 19.5. The van der Waals surface area contributed by atoms with Crippen LogP contribution in [-0.4, -0.2) is 51.0 Å². The molecule has 0 radical (unpaired) electrons. The fourth-order valence-electron chi connectivity index (χ4n) is 5.15. The Hall–Kier alpha value is -5.05. The minimum absolute atomic E-state index is 0.0252. The summed E-state index contributed by atoms with van der Waals surface area (Å²) in [5.41, 5.74) is 2.08. The zero-order valence-corrected chi connectivity index (χ0v) is 24.3. The Balaban J connectivity index is 1.51. The molecule has 2 heterocycles. The number of aromatic nitrogens is 2. The minimum Gasteiger partial charge on any atom is -0.507 e. The Morgan fingerprint density at radius 1 is 0.884 bits per heavy atom. The molecule has 0 bridgehead atoms. The number of carbonyl (C=O) groups excluding carboxylic acids is 2. The zero-order valence-electron chi connectivity index (χ0n) is 24.3. The molecule has 9 heteroatoms. The third-order valence-corrected chi connectivity index (χ3v) is 7.17. The Morgan fingerprint density at radius 2 is 1.65 bits per heavy atom. The quantitative estimate of drug-likeness (QED) is 0.121. The third-order valence-electron chi connectivity index (χ3n) is 7.17. The number of aryl methyl sites for hydroxylation is 1. The van der Waals surface area contributed by atoms with Gasteiger partial charge in [0.1, 0.15) is 18.1 Å². The molecule has 0 aliphatic carbocycles. The molecule has 3 aromatic carbocycles. The maximum Gasteiger partial charge on any atom is 0.295 e. The van der Waals surface area contributed by atoms with Crippen molar-refractivity contribution in [2.45, 2.75) is 39.5 Å². The van der Waals surface area contributed by atoms with Gasteiger partial charge in [-0.25, -0.2) is 4.98 Å². The molecule has 1 saturated heterocycles. The first-order valence-corrected chi connectivity index (χ1v) is 14.4. The summed E-state index contributed by atoms with van der Waals surface area (Å²) in [6, 6.07) is 21.2. The number of aliphatic hydroxyl groups is 1. The van der Waals surface area contributed by atoms with Crippen molar-refractivity contribution in [2.24, 2.45) is 0 Å². The first-order chi connectivity index (χ1) is 21.0. The maximum atomic E-state index is 13.5. The largest absolute Gasteiger partial charge is 0.507 e. The Morgan fingerprint density at radius 3 is 2.35 bits per heavy atom. The smallest absolute Gasteiger partial charge is 0.295 e. The summed E-state index contributed by atoms with van der Waals surface area (Å²) in [6.07, 6.45) is 5.83. The molecule has 43 heavy (non-hydrogen) atoms. The van der Waals surface area contributed by atoms with Crippen molar-refractivity contribution in [2.75, 3.05) is 19.8 Å². The van der Waals surface area contributed by atoms with E-state index in [0.29, 0.717) is 67.7 Å². The van der Waals surface area contributed by atoms with Crippen molar-refractivity contribution in [3.63, 3.8) is 0 Å². The lowest BCUT2D eigenvalue weighted by Crippen LogP contribution is -2.31. The lowest BCUT2D eigenvalue weighted by Gasteiger charge is -2.26. The van der Waals surface area contributed by atoms with Gasteiger partial charge in [0.25, 0.3) is 11.7 Å². The lowest BCUT2D eigenvalue weighted by atomic mass is 9.95. The SMILES string of the molecule is CCOc1ccc(/C(O)=C2\C(=O)C(=O)N(CCCn3ccnc3)C2c2ccc(OCc3ccccc3)c(OCC)c2)cc1. The van der Waals surface area contributed by atoms with E-state index in [1.54, 1.807) is 48.9 Å². The molecule has 1 aliphatic heterocycles. The number of rotatable bonds is 13. The van der Waals surface area contributed by atoms with Crippen LogP contribution in [0, 0.1) is 0 Å². The maximum absolute atomic E-state index is 13.5. The van der Waals surface area contributed by atoms with E-state index in [0.717, 1.165) is 5.56 Å². The standard InChI is InChI=1S/C34H35N3O6/c1-3-41-27-14-11-25(12-15-27)32(38)30-31(37(34(40)33(30)39)19-8-18-36-20-17-35-23-36)26-13-16-28(29(21-26)42-4-2)43-22-24-9-6-5-7-10-24/h5-7,9-17,20-21,23,31,38H,3-4,8,18-19,22H2,1-2H3/b32-30+. The van der Waals surface area contributed by atoms with Gasteiger partial charge in [0.15, 0.2) is 11.5 Å². The topological polar surface area (TPSA) is 103 Å². The molecule has 9 nitrogen and oxygen atoms in total. The fourth-order valence-corrected chi connectivity index (χ4v) is 5.15. The van der Waals surface area contributed by atoms with Crippen molar-refractivity contribution in [1.29, 1.82) is 0 Å². The van der Waals surface area contributed by atoms with Gasteiger partial charge in [-0.2, -0.15) is 0 Å². The Labute approximate surface area is 251 Å². The number of ether oxygens (including phenoxy) is 3. The predicted molar refractivity (Wildman–Crippen MR) is 162 cm³/mol. The van der Waals surface area contributed by atoms with Crippen LogP contribution in [0.2, 0.25) is 0 Å². The van der Waals surface area contributed by atoms with Gasteiger partial charge in [0.2, 0.25) is 0 Å². The second-order valence-corrected chi connectivity index (χ2v) is 10.0. The van der Waals surface area contributed by atoms with Crippen molar-refractivity contribution < 1.29 is 28.9 Å². The fraction of sp³-hybridized carbons (Fsp3) is 0.265. The van der Waals surface area contributed by atoms with E-state index in [1.165, 1.54) is 4.90 Å². The zero-order chi connectivity index (χ0) is 30.2. The first-order valence-electron chi connectivity index (χ1n) is 14.4. The highest BCUT2D eigenvalue weighted by Crippen LogP contribution is 2.42. The third kappa shape index (κ3) is 6.72. The summed E-state index contributed by atoms with van der Waals surface area (Å²) in [5, 5.41) is 11.5. The van der Waals surface area contributed by atoms with Crippen LogP contribution < -0.4 is 14.2 Å². The monoisotopic (exact) mass is 581 g/mol. The molecule has 1 unspecified atom stereocenters. The highest BCUT2D eigenvalue weighted by atomic mass is 16.5. The summed E-state index contributed by atoms with van der Waals surface area (Å²) in [4.78, 5) is 32.5. The molecule has 4 aromatic rings. The summed E-state index contributed by atoms with van der Waals surface area (Å²) in [5.74, 6) is 0.0276. The van der Waals surface area contributed by atoms with E-state index in [4.69, 9.17) is 14.2 Å². The van der Waals surface area contributed by atoms with Gasteiger partial charge >= 0.3 is 0 Å². The number of hydrogen-bond donors (Lipinski definition) is 1. The molecule has 1 amide bonds. The normalized spacial score (nSPS) is 16.0. The van der Waals surface area contributed by atoms with Crippen molar-refractivity contribution in [1.82, 2.24) is 14.5 Å². The van der Waals surface area contributed by atoms with E-state index in [-0.39, 0.29) is 11.3 Å². The molecule has 1 aromatic heterocycles. The van der Waals surface area contributed by atoms with E-state index in [1.807, 2.05) is 61.0 Å². The molecule has 1 aliphatic rings. The van der Waals surface area contributed by atoms with E-state index < -0.39 is 17.7 Å². The average Bonchev–Trinajstić information content (AvgIpc) is 3.64. The lowest BCUT2D eigenvalue weighted by molar-refractivity contribution is -0.139. The number of ketones is 1. The molecule has 222 valence electrons. The van der Waals surface area contributed by atoms with Crippen LogP contribution in [-0.2, 0) is 22.7 Å². The number of amides is 1. The van der Waals surface area contributed by atoms with Crippen LogP contribution in [0.15, 0.2) is 97.1 Å². The van der Waals surface area contributed by atoms with Gasteiger partial charge in [0.05, 0.1) is 31.2 Å². The van der Waals surface area contributed by atoms with Crippen molar-refractivity contribution in [3.8, 4) is 17.2 Å². The van der Waals surface area contributed by atoms with Crippen molar-refractivity contribution in [3.05, 3.63) is 114 Å². The molecular weight excluding hydrogens is 546 g/mol. The first kappa shape index (κ1) is 29.4. The van der Waals surface area contributed by atoms with Gasteiger partial charge in [-0.3, -0.25) is 9.59 Å². The molecule has 1 atom stereocenters. The summed E-state index contributed by atoms with van der Waals surface area (Å²) >= 11 is 0. The second-order valence-electron chi connectivity index (χ2n) is 10.0. The van der Waals surface area contributed by atoms with Crippen LogP contribution in [0.4, 0.5) is 0 Å². The number of nitrogens with zero attached hydrogens (tertiary/aromatic N) is 3. The number of benzene rings is 3. The number of hydrogen-bond acceptors (Lipinski definition) is 7. The van der Waals surface area contributed by atoms with E-state index in [2.05, 4.69) is 4.98 Å². The van der Waals surface area contributed by atoms with Crippen LogP contribution in [0.25, 0.3) is 5.76 Å². The highest BCUT2D eigenvalue weighted by Gasteiger charge is 2.46. The van der Waals surface area contributed by atoms with Crippen LogP contribution in [0.5, 0.6) is 17.2 Å². The summed E-state index contributed by atoms with van der Waals surface area (Å²) in [6.45, 7) is 5.92. The predicted octanol–water partition coefficient (Wildman–Crippen LogP) is 5.77. The number of imidazole rings is 1. The average molecular weight is 582 g/mol. The van der Waals surface area contributed by atoms with Gasteiger partial charge in [-0.15, -0.1) is 0 Å². The van der Waals surface area contributed by atoms with Crippen LogP contribution >= 0.6 is 0 Å². The van der Waals surface area contributed by atoms with Crippen LogP contribution in [0.3, 0.4) is 0 Å². The molecular formula is C34H35N3O6. The van der Waals surface area contributed by atoms with E-state index in [9.17, 15) is 14.7 Å². The summed E-state index contributed by atoms with van der Waals surface area (Å²) in [7, 11) is 0. The Kier molecular flexibility index (Phi) is 9.41. The minimum atomic E-state index is -0.822. The van der Waals surface area contributed by atoms with E-state index >= 15 is 0 Å². The molecule has 1 fully saturated rings. The van der Waals surface area contributed by atoms with Crippen molar-refractivity contribution >= 4 is 17.4 Å². The van der Waals surface area contributed by atoms with Gasteiger partial charge in [0, 0.05) is 31.0 Å². The Bertz CT molecular complexity index is 1570. The second kappa shape index (κ2) is 13.7. The molecule has 1 N–H and O–H groups in total.